The van der Waals surface area contributed by atoms with Gasteiger partial charge < -0.3 is 14.8 Å². The van der Waals surface area contributed by atoms with E-state index < -0.39 is 0 Å². The lowest BCUT2D eigenvalue weighted by molar-refractivity contribution is -0.119. The van der Waals surface area contributed by atoms with E-state index in [2.05, 4.69) is 17.5 Å². The van der Waals surface area contributed by atoms with Crippen LogP contribution in [-0.2, 0) is 9.53 Å². The Kier molecular flexibility index (Phi) is 5.62. The van der Waals surface area contributed by atoms with Gasteiger partial charge in [0.15, 0.2) is 0 Å². The molecule has 20 heavy (non-hydrogen) atoms. The molecule has 4 heteroatoms. The molecule has 1 aromatic rings. The molecule has 0 saturated carbocycles. The van der Waals surface area contributed by atoms with E-state index in [4.69, 9.17) is 9.47 Å². The second-order valence-electron chi connectivity index (χ2n) is 4.85. The number of amides is 1. The first-order valence-electron chi connectivity index (χ1n) is 6.97. The number of anilines is 1. The van der Waals surface area contributed by atoms with Crippen LogP contribution in [0.4, 0.5) is 5.69 Å². The van der Waals surface area contributed by atoms with Gasteiger partial charge in [-0.15, -0.1) is 0 Å². The third-order valence-electron chi connectivity index (χ3n) is 3.24. The highest BCUT2D eigenvalue weighted by Gasteiger charge is 2.19. The Morgan fingerprint density at radius 2 is 2.10 bits per heavy atom. The maximum atomic E-state index is 12.0. The Bertz CT molecular complexity index is 463. The first kappa shape index (κ1) is 14.6. The zero-order chi connectivity index (χ0) is 14.2. The summed E-state index contributed by atoms with van der Waals surface area (Å²) in [6, 6.07) is 7.50. The lowest BCUT2D eigenvalue weighted by Crippen LogP contribution is -2.20. The average Bonchev–Trinajstić information content (AvgIpc) is 2.98. The van der Waals surface area contributed by atoms with Crippen LogP contribution in [0.2, 0.25) is 0 Å². The molecule has 0 aromatic heterocycles. The van der Waals surface area contributed by atoms with Crippen LogP contribution in [-0.4, -0.2) is 26.2 Å². The number of carbonyl (C=O) groups excluding carboxylic acids is 1. The summed E-state index contributed by atoms with van der Waals surface area (Å²) >= 11 is 0. The highest BCUT2D eigenvalue weighted by atomic mass is 16.5. The molecule has 1 amide bonds. The molecule has 0 saturated heterocycles. The number of benzene rings is 1. The van der Waals surface area contributed by atoms with Gasteiger partial charge in [-0.25, -0.2) is 0 Å². The molecular formula is C16H21NO3. The molecule has 2 rings (SSSR count). The molecule has 0 unspecified atom stereocenters. The Balaban J connectivity index is 1.83. The van der Waals surface area contributed by atoms with Crippen LogP contribution in [0.5, 0.6) is 5.75 Å². The SMILES string of the molecule is COCCCOc1cccc(NC(=O)C2CC=CC2)c1. The smallest absolute Gasteiger partial charge is 0.228 e. The predicted octanol–water partition coefficient (Wildman–Crippen LogP) is 3.01. The summed E-state index contributed by atoms with van der Waals surface area (Å²) in [6.45, 7) is 1.29. The van der Waals surface area contributed by atoms with Crippen molar-refractivity contribution in [3.63, 3.8) is 0 Å². The predicted molar refractivity (Wildman–Crippen MR) is 78.9 cm³/mol. The molecule has 4 nitrogen and oxygen atoms in total. The van der Waals surface area contributed by atoms with Crippen LogP contribution in [0.15, 0.2) is 36.4 Å². The quantitative estimate of drug-likeness (QED) is 0.614. The van der Waals surface area contributed by atoms with Gasteiger partial charge in [-0.3, -0.25) is 4.79 Å². The molecule has 1 N–H and O–H groups in total. The fourth-order valence-corrected chi connectivity index (χ4v) is 2.13. The van der Waals surface area contributed by atoms with Crippen LogP contribution in [0, 0.1) is 5.92 Å². The van der Waals surface area contributed by atoms with Crippen LogP contribution in [0.1, 0.15) is 19.3 Å². The van der Waals surface area contributed by atoms with Crippen molar-refractivity contribution < 1.29 is 14.3 Å². The van der Waals surface area contributed by atoms with E-state index in [9.17, 15) is 4.79 Å². The van der Waals surface area contributed by atoms with Crippen LogP contribution in [0.3, 0.4) is 0 Å². The lowest BCUT2D eigenvalue weighted by atomic mass is 10.1. The molecule has 0 heterocycles. The van der Waals surface area contributed by atoms with Crippen molar-refractivity contribution in [2.24, 2.45) is 5.92 Å². The van der Waals surface area contributed by atoms with E-state index in [0.29, 0.717) is 13.2 Å². The lowest BCUT2D eigenvalue weighted by Gasteiger charge is -2.12. The Morgan fingerprint density at radius 1 is 1.30 bits per heavy atom. The molecule has 0 bridgehead atoms. The number of hydrogen-bond acceptors (Lipinski definition) is 3. The highest BCUT2D eigenvalue weighted by molar-refractivity contribution is 5.93. The fourth-order valence-electron chi connectivity index (χ4n) is 2.13. The molecule has 0 spiro atoms. The van der Waals surface area contributed by atoms with Crippen molar-refractivity contribution in [2.45, 2.75) is 19.3 Å². The van der Waals surface area contributed by atoms with Crippen molar-refractivity contribution in [3.8, 4) is 5.75 Å². The van der Waals surface area contributed by atoms with Crippen LogP contribution in [0.25, 0.3) is 0 Å². The summed E-state index contributed by atoms with van der Waals surface area (Å²) in [5, 5.41) is 2.94. The molecule has 0 radical (unpaired) electrons. The summed E-state index contributed by atoms with van der Waals surface area (Å²) in [5.41, 5.74) is 0.783. The summed E-state index contributed by atoms with van der Waals surface area (Å²) in [5.74, 6) is 0.913. The maximum absolute atomic E-state index is 12.0. The summed E-state index contributed by atoms with van der Waals surface area (Å²) < 4.78 is 10.6. The van der Waals surface area contributed by atoms with E-state index in [-0.39, 0.29) is 11.8 Å². The van der Waals surface area contributed by atoms with Gasteiger partial charge in [-0.1, -0.05) is 18.2 Å². The second kappa shape index (κ2) is 7.70. The van der Waals surface area contributed by atoms with Gasteiger partial charge in [0.05, 0.1) is 6.61 Å². The van der Waals surface area contributed by atoms with E-state index in [1.54, 1.807) is 7.11 Å². The Hall–Kier alpha value is -1.81. The first-order chi connectivity index (χ1) is 9.79. The largest absolute Gasteiger partial charge is 0.493 e. The molecule has 0 atom stereocenters. The number of rotatable bonds is 7. The average molecular weight is 275 g/mol. The number of methoxy groups -OCH3 is 1. The summed E-state index contributed by atoms with van der Waals surface area (Å²) in [4.78, 5) is 12.0. The molecular weight excluding hydrogens is 254 g/mol. The molecule has 1 aromatic carbocycles. The molecule has 0 aliphatic heterocycles. The summed E-state index contributed by atoms with van der Waals surface area (Å²) in [6.07, 6.45) is 6.62. The van der Waals surface area contributed by atoms with E-state index in [0.717, 1.165) is 30.7 Å². The van der Waals surface area contributed by atoms with Crippen molar-refractivity contribution in [1.29, 1.82) is 0 Å². The van der Waals surface area contributed by atoms with Crippen LogP contribution < -0.4 is 10.1 Å². The van der Waals surface area contributed by atoms with Gasteiger partial charge in [-0.2, -0.15) is 0 Å². The van der Waals surface area contributed by atoms with E-state index in [1.807, 2.05) is 24.3 Å². The zero-order valence-electron chi connectivity index (χ0n) is 11.8. The van der Waals surface area contributed by atoms with Crippen molar-refractivity contribution in [1.82, 2.24) is 0 Å². The second-order valence-corrected chi connectivity index (χ2v) is 4.85. The number of nitrogens with one attached hydrogen (secondary N) is 1. The highest BCUT2D eigenvalue weighted by Crippen LogP contribution is 2.22. The standard InChI is InChI=1S/C16H21NO3/c1-19-10-5-11-20-15-9-4-8-14(12-15)17-16(18)13-6-2-3-7-13/h2-4,8-9,12-13H,5-7,10-11H2,1H3,(H,17,18). The van der Waals surface area contributed by atoms with Gasteiger partial charge in [0, 0.05) is 37.8 Å². The van der Waals surface area contributed by atoms with E-state index in [1.165, 1.54) is 0 Å². The van der Waals surface area contributed by atoms with E-state index >= 15 is 0 Å². The van der Waals surface area contributed by atoms with Gasteiger partial charge in [-0.05, 0) is 25.0 Å². The minimum atomic E-state index is 0.0706. The fraction of sp³-hybridized carbons (Fsp3) is 0.438. The summed E-state index contributed by atoms with van der Waals surface area (Å²) in [7, 11) is 1.67. The number of allylic oxidation sites excluding steroid dienone is 2. The Morgan fingerprint density at radius 3 is 2.85 bits per heavy atom. The molecule has 0 fully saturated rings. The molecule has 1 aliphatic rings. The van der Waals surface area contributed by atoms with Crippen LogP contribution >= 0.6 is 0 Å². The third-order valence-corrected chi connectivity index (χ3v) is 3.24. The van der Waals surface area contributed by atoms with Gasteiger partial charge in [0.1, 0.15) is 5.75 Å². The topological polar surface area (TPSA) is 47.6 Å². The Labute approximate surface area is 119 Å². The first-order valence-corrected chi connectivity index (χ1v) is 6.97. The number of carbonyl (C=O) groups is 1. The molecule has 1 aliphatic carbocycles. The van der Waals surface area contributed by atoms with Gasteiger partial charge >= 0.3 is 0 Å². The number of hydrogen-bond donors (Lipinski definition) is 1. The third kappa shape index (κ3) is 4.38. The van der Waals surface area contributed by atoms with Gasteiger partial charge in [0.2, 0.25) is 5.91 Å². The van der Waals surface area contributed by atoms with Crippen molar-refractivity contribution in [2.75, 3.05) is 25.6 Å². The minimum absolute atomic E-state index is 0.0706. The normalized spacial score (nSPS) is 14.4. The maximum Gasteiger partial charge on any atom is 0.228 e. The molecule has 108 valence electrons. The zero-order valence-corrected chi connectivity index (χ0v) is 11.8. The monoisotopic (exact) mass is 275 g/mol. The number of ether oxygens (including phenoxy) is 2. The van der Waals surface area contributed by atoms with Crippen molar-refractivity contribution in [3.05, 3.63) is 36.4 Å². The van der Waals surface area contributed by atoms with Gasteiger partial charge in [0.25, 0.3) is 0 Å². The van der Waals surface area contributed by atoms with Crippen molar-refractivity contribution >= 4 is 11.6 Å². The minimum Gasteiger partial charge on any atom is -0.493 e.